The molecule has 0 bridgehead atoms. The Morgan fingerprint density at radius 3 is 0.843 bits per heavy atom. The average molecular weight is 703 g/mol. The summed E-state index contributed by atoms with van der Waals surface area (Å²) in [7, 11) is 0. The SMILES string of the molecule is c1ccc(-c2ccc(-c3cc4c5cc(-c6ccc(-c7ccccc7)cc6)sc5c5sc(-c6ccc(-c7ccccc7)cc6)cc5c4s3)cc2)cc1. The maximum absolute atomic E-state index is 2.44. The lowest BCUT2D eigenvalue weighted by Gasteiger charge is -2.03. The van der Waals surface area contributed by atoms with Crippen LogP contribution in [0.25, 0.3) is 95.0 Å². The van der Waals surface area contributed by atoms with Crippen LogP contribution in [0.1, 0.15) is 0 Å². The van der Waals surface area contributed by atoms with Gasteiger partial charge in [-0.25, -0.2) is 0 Å². The first-order valence-corrected chi connectivity index (χ1v) is 19.6. The molecule has 0 radical (unpaired) electrons. The number of fused-ring (bicyclic) bond motifs is 6. The summed E-state index contributed by atoms with van der Waals surface area (Å²) in [6.07, 6.45) is 0. The van der Waals surface area contributed by atoms with Crippen molar-refractivity contribution in [2.24, 2.45) is 0 Å². The molecule has 10 rings (SSSR count). The van der Waals surface area contributed by atoms with E-state index in [1.165, 1.54) is 95.0 Å². The van der Waals surface area contributed by atoms with Crippen LogP contribution >= 0.6 is 34.0 Å². The normalized spacial score (nSPS) is 11.5. The van der Waals surface area contributed by atoms with Crippen molar-refractivity contribution in [2.45, 2.75) is 0 Å². The topological polar surface area (TPSA) is 0 Å². The summed E-state index contributed by atoms with van der Waals surface area (Å²) in [5.74, 6) is 0. The molecule has 3 heterocycles. The van der Waals surface area contributed by atoms with Crippen molar-refractivity contribution >= 4 is 64.3 Å². The molecule has 0 unspecified atom stereocenters. The number of benzene rings is 7. The minimum Gasteiger partial charge on any atom is -0.135 e. The molecule has 0 aliphatic rings. The van der Waals surface area contributed by atoms with Gasteiger partial charge in [-0.05, 0) is 68.3 Å². The van der Waals surface area contributed by atoms with Gasteiger partial charge in [0.05, 0.1) is 9.40 Å². The van der Waals surface area contributed by atoms with E-state index in [9.17, 15) is 0 Å². The molecule has 0 nitrogen and oxygen atoms in total. The highest BCUT2D eigenvalue weighted by Crippen LogP contribution is 2.51. The number of thiophene rings is 3. The van der Waals surface area contributed by atoms with Gasteiger partial charge in [-0.15, -0.1) is 34.0 Å². The zero-order chi connectivity index (χ0) is 33.7. The Balaban J connectivity index is 1.11. The third-order valence-electron chi connectivity index (χ3n) is 9.77. The molecule has 7 aromatic carbocycles. The number of rotatable bonds is 6. The van der Waals surface area contributed by atoms with Gasteiger partial charge in [0.1, 0.15) is 0 Å². The van der Waals surface area contributed by atoms with E-state index in [0.29, 0.717) is 0 Å². The Hall–Kier alpha value is -5.58. The Kier molecular flexibility index (Phi) is 7.50. The summed E-state index contributed by atoms with van der Waals surface area (Å²) >= 11 is 5.77. The van der Waals surface area contributed by atoms with Crippen LogP contribution in [-0.4, -0.2) is 0 Å². The van der Waals surface area contributed by atoms with Crippen molar-refractivity contribution in [1.29, 1.82) is 0 Å². The van der Waals surface area contributed by atoms with Crippen molar-refractivity contribution in [3.8, 4) is 64.7 Å². The molecule has 3 heteroatoms. The van der Waals surface area contributed by atoms with Crippen molar-refractivity contribution in [2.75, 3.05) is 0 Å². The van der Waals surface area contributed by atoms with Gasteiger partial charge in [-0.2, -0.15) is 0 Å². The second-order valence-corrected chi connectivity index (χ2v) is 16.0. The van der Waals surface area contributed by atoms with Gasteiger partial charge >= 0.3 is 0 Å². The van der Waals surface area contributed by atoms with Gasteiger partial charge in [0.25, 0.3) is 0 Å². The summed E-state index contributed by atoms with van der Waals surface area (Å²) in [6.45, 7) is 0. The van der Waals surface area contributed by atoms with Crippen LogP contribution in [0.3, 0.4) is 0 Å². The summed E-state index contributed by atoms with van der Waals surface area (Å²) < 4.78 is 4.12. The molecule has 3 aromatic heterocycles. The molecular formula is C48H30S3. The van der Waals surface area contributed by atoms with Gasteiger partial charge in [0, 0.05) is 35.5 Å². The van der Waals surface area contributed by atoms with E-state index in [1.54, 1.807) is 0 Å². The Bertz CT molecular complexity index is 2370. The van der Waals surface area contributed by atoms with Crippen LogP contribution in [0.4, 0.5) is 0 Å². The minimum absolute atomic E-state index is 1.24. The van der Waals surface area contributed by atoms with Crippen LogP contribution in [0.2, 0.25) is 0 Å². The van der Waals surface area contributed by atoms with E-state index in [2.05, 4.69) is 182 Å². The van der Waals surface area contributed by atoms with Crippen LogP contribution in [0, 0.1) is 0 Å². The maximum Gasteiger partial charge on any atom is 0.0542 e. The highest BCUT2D eigenvalue weighted by Gasteiger charge is 2.19. The Morgan fingerprint density at radius 2 is 0.471 bits per heavy atom. The molecule has 0 fully saturated rings. The standard InChI is InChI=1S/C48H30S3/c1-4-10-31(11-5-1)34-16-22-37(23-17-34)43-28-40-41-29-44(38-24-18-35(19-25-38)32-12-6-2-7-13-32)50-47(41)48-42(46(40)49-43)30-45(51-48)39-26-20-36(21-27-39)33-14-8-3-9-15-33/h1-30H. The highest BCUT2D eigenvalue weighted by atomic mass is 32.1. The predicted octanol–water partition coefficient (Wildman–Crippen LogP) is 15.3. The van der Waals surface area contributed by atoms with E-state index < -0.39 is 0 Å². The first-order chi connectivity index (χ1) is 25.2. The molecule has 0 saturated carbocycles. The van der Waals surface area contributed by atoms with Crippen LogP contribution in [0.15, 0.2) is 182 Å². The molecule has 0 amide bonds. The molecule has 0 atom stereocenters. The fourth-order valence-electron chi connectivity index (χ4n) is 7.08. The Labute approximate surface area is 309 Å². The van der Waals surface area contributed by atoms with Gasteiger partial charge in [-0.3, -0.25) is 0 Å². The lowest BCUT2D eigenvalue weighted by Crippen LogP contribution is -1.77. The zero-order valence-electron chi connectivity index (χ0n) is 27.5. The Morgan fingerprint density at radius 1 is 0.216 bits per heavy atom. The van der Waals surface area contributed by atoms with E-state index >= 15 is 0 Å². The molecule has 51 heavy (non-hydrogen) atoms. The first kappa shape index (κ1) is 30.3. The molecule has 0 saturated heterocycles. The molecule has 0 aliphatic heterocycles. The summed E-state index contributed by atoms with van der Waals surface area (Å²) in [5.41, 5.74) is 11.2. The van der Waals surface area contributed by atoms with Gasteiger partial charge in [0.15, 0.2) is 0 Å². The third kappa shape index (κ3) is 5.51. The van der Waals surface area contributed by atoms with Gasteiger partial charge < -0.3 is 0 Å². The lowest BCUT2D eigenvalue weighted by atomic mass is 10.0. The van der Waals surface area contributed by atoms with Crippen molar-refractivity contribution < 1.29 is 0 Å². The predicted molar refractivity (Wildman–Crippen MR) is 225 cm³/mol. The fraction of sp³-hybridized carbons (Fsp3) is 0. The van der Waals surface area contributed by atoms with E-state index in [-0.39, 0.29) is 0 Å². The molecule has 0 N–H and O–H groups in total. The van der Waals surface area contributed by atoms with Crippen LogP contribution in [-0.2, 0) is 0 Å². The molecule has 240 valence electrons. The van der Waals surface area contributed by atoms with E-state index in [0.717, 1.165) is 0 Å². The number of hydrogen-bond donors (Lipinski definition) is 0. The summed E-state index contributed by atoms with van der Waals surface area (Å²) in [4.78, 5) is 3.92. The largest absolute Gasteiger partial charge is 0.135 e. The van der Waals surface area contributed by atoms with Crippen LogP contribution < -0.4 is 0 Å². The minimum atomic E-state index is 1.24. The average Bonchev–Trinajstić information content (AvgIpc) is 3.97. The second-order valence-electron chi connectivity index (χ2n) is 12.9. The highest BCUT2D eigenvalue weighted by molar-refractivity contribution is 7.31. The summed E-state index contributed by atoms with van der Waals surface area (Å²) in [5, 5.41) is 4.05. The van der Waals surface area contributed by atoms with Crippen molar-refractivity contribution in [1.82, 2.24) is 0 Å². The fourth-order valence-corrected chi connectivity index (χ4v) is 10.9. The lowest BCUT2D eigenvalue weighted by molar-refractivity contribution is 1.62. The quantitative estimate of drug-likeness (QED) is 0.162. The summed E-state index contributed by atoms with van der Waals surface area (Å²) in [6, 6.07) is 66.4. The molecule has 0 aliphatic carbocycles. The molecular weight excluding hydrogens is 673 g/mol. The second kappa shape index (κ2) is 12.6. The van der Waals surface area contributed by atoms with E-state index in [4.69, 9.17) is 0 Å². The van der Waals surface area contributed by atoms with Crippen LogP contribution in [0.5, 0.6) is 0 Å². The smallest absolute Gasteiger partial charge is 0.0542 e. The van der Waals surface area contributed by atoms with Gasteiger partial charge in [0.2, 0.25) is 0 Å². The third-order valence-corrected chi connectivity index (χ3v) is 13.5. The molecule has 10 aromatic rings. The molecule has 0 spiro atoms. The van der Waals surface area contributed by atoms with Gasteiger partial charge in [-0.1, -0.05) is 164 Å². The van der Waals surface area contributed by atoms with Crippen molar-refractivity contribution in [3.63, 3.8) is 0 Å². The van der Waals surface area contributed by atoms with Crippen molar-refractivity contribution in [3.05, 3.63) is 182 Å². The van der Waals surface area contributed by atoms with E-state index in [1.807, 2.05) is 34.0 Å². The maximum atomic E-state index is 2.44. The monoisotopic (exact) mass is 702 g/mol. The zero-order valence-corrected chi connectivity index (χ0v) is 30.0. The first-order valence-electron chi connectivity index (χ1n) is 17.2. The number of hydrogen-bond acceptors (Lipinski definition) is 3.